The fourth-order valence-electron chi connectivity index (χ4n) is 2.05. The molecule has 1 aromatic rings. The van der Waals surface area contributed by atoms with Gasteiger partial charge < -0.3 is 16.0 Å². The standard InChI is InChI=1S/C13H20N4O/c1-10-4-2-6-12(17-10)15-8-9-16-13(18)11-5-3-7-14-11/h2,4,6,11,14H,3,5,7-9H2,1H3,(H,15,17)(H,16,18). The number of carbonyl (C=O) groups is 1. The minimum Gasteiger partial charge on any atom is -0.368 e. The van der Waals surface area contributed by atoms with Crippen molar-refractivity contribution in [2.45, 2.75) is 25.8 Å². The van der Waals surface area contributed by atoms with E-state index in [1.54, 1.807) is 0 Å². The summed E-state index contributed by atoms with van der Waals surface area (Å²) in [5.41, 5.74) is 0.985. The van der Waals surface area contributed by atoms with Gasteiger partial charge in [0.25, 0.3) is 0 Å². The normalized spacial score (nSPS) is 18.6. The highest BCUT2D eigenvalue weighted by Gasteiger charge is 2.20. The maximum Gasteiger partial charge on any atom is 0.237 e. The molecule has 0 saturated carbocycles. The van der Waals surface area contributed by atoms with E-state index in [4.69, 9.17) is 0 Å². The Morgan fingerprint density at radius 1 is 1.50 bits per heavy atom. The average molecular weight is 248 g/mol. The van der Waals surface area contributed by atoms with Gasteiger partial charge in [0.1, 0.15) is 5.82 Å². The molecule has 0 radical (unpaired) electrons. The summed E-state index contributed by atoms with van der Waals surface area (Å²) >= 11 is 0. The number of hydrogen-bond donors (Lipinski definition) is 3. The number of amides is 1. The van der Waals surface area contributed by atoms with Crippen LogP contribution in [0.25, 0.3) is 0 Å². The van der Waals surface area contributed by atoms with Crippen molar-refractivity contribution >= 4 is 11.7 Å². The largest absolute Gasteiger partial charge is 0.368 e. The first kappa shape index (κ1) is 12.8. The number of nitrogens with zero attached hydrogens (tertiary/aromatic N) is 1. The van der Waals surface area contributed by atoms with Gasteiger partial charge in [-0.3, -0.25) is 4.79 Å². The molecule has 18 heavy (non-hydrogen) atoms. The summed E-state index contributed by atoms with van der Waals surface area (Å²) in [6.45, 7) is 4.21. The third-order valence-corrected chi connectivity index (χ3v) is 3.00. The van der Waals surface area contributed by atoms with Crippen LogP contribution in [0.5, 0.6) is 0 Å². The number of rotatable bonds is 5. The second-order valence-corrected chi connectivity index (χ2v) is 4.53. The topological polar surface area (TPSA) is 66.0 Å². The molecule has 1 atom stereocenters. The first-order chi connectivity index (χ1) is 8.75. The minimum absolute atomic E-state index is 0.00194. The molecule has 1 aliphatic rings. The van der Waals surface area contributed by atoms with Crippen LogP contribution in [0.3, 0.4) is 0 Å². The van der Waals surface area contributed by atoms with Crippen molar-refractivity contribution in [2.75, 3.05) is 25.0 Å². The summed E-state index contributed by atoms with van der Waals surface area (Å²) in [4.78, 5) is 16.0. The molecule has 5 nitrogen and oxygen atoms in total. The summed E-state index contributed by atoms with van der Waals surface area (Å²) in [7, 11) is 0. The number of hydrogen-bond acceptors (Lipinski definition) is 4. The zero-order valence-electron chi connectivity index (χ0n) is 10.7. The molecule has 1 aromatic heterocycles. The molecule has 1 saturated heterocycles. The van der Waals surface area contributed by atoms with E-state index >= 15 is 0 Å². The Kier molecular flexibility index (Phi) is 4.52. The van der Waals surface area contributed by atoms with Crippen molar-refractivity contribution < 1.29 is 4.79 Å². The van der Waals surface area contributed by atoms with Gasteiger partial charge in [0, 0.05) is 18.8 Å². The summed E-state index contributed by atoms with van der Waals surface area (Å²) in [5, 5.41) is 9.28. The number of anilines is 1. The van der Waals surface area contributed by atoms with Crippen LogP contribution >= 0.6 is 0 Å². The number of nitrogens with one attached hydrogen (secondary N) is 3. The lowest BCUT2D eigenvalue weighted by atomic mass is 10.2. The Morgan fingerprint density at radius 3 is 3.11 bits per heavy atom. The molecule has 0 spiro atoms. The molecule has 1 aliphatic heterocycles. The maximum absolute atomic E-state index is 11.7. The van der Waals surface area contributed by atoms with Gasteiger partial charge in [-0.15, -0.1) is 0 Å². The number of pyridine rings is 1. The molecular weight excluding hydrogens is 228 g/mol. The molecular formula is C13H20N4O. The van der Waals surface area contributed by atoms with Crippen LogP contribution in [0, 0.1) is 6.92 Å². The van der Waals surface area contributed by atoms with Crippen LogP contribution < -0.4 is 16.0 Å². The highest BCUT2D eigenvalue weighted by Crippen LogP contribution is 2.04. The van der Waals surface area contributed by atoms with E-state index < -0.39 is 0 Å². The van der Waals surface area contributed by atoms with Gasteiger partial charge in [-0.05, 0) is 38.4 Å². The Hall–Kier alpha value is -1.62. The van der Waals surface area contributed by atoms with E-state index in [-0.39, 0.29) is 11.9 Å². The average Bonchev–Trinajstić information content (AvgIpc) is 2.88. The predicted octanol–water partition coefficient (Wildman–Crippen LogP) is 0.670. The van der Waals surface area contributed by atoms with Crippen LogP contribution in [-0.2, 0) is 4.79 Å². The fraction of sp³-hybridized carbons (Fsp3) is 0.538. The van der Waals surface area contributed by atoms with E-state index in [1.165, 1.54) is 0 Å². The molecule has 0 bridgehead atoms. The van der Waals surface area contributed by atoms with Gasteiger partial charge in [-0.2, -0.15) is 0 Å². The molecule has 3 N–H and O–H groups in total. The first-order valence-corrected chi connectivity index (χ1v) is 6.44. The molecule has 2 heterocycles. The highest BCUT2D eigenvalue weighted by atomic mass is 16.2. The van der Waals surface area contributed by atoms with Crippen molar-refractivity contribution in [2.24, 2.45) is 0 Å². The van der Waals surface area contributed by atoms with Crippen LogP contribution in [0.2, 0.25) is 0 Å². The Balaban J connectivity index is 1.65. The van der Waals surface area contributed by atoms with Gasteiger partial charge in [-0.1, -0.05) is 6.07 Å². The van der Waals surface area contributed by atoms with Gasteiger partial charge in [0.2, 0.25) is 5.91 Å². The van der Waals surface area contributed by atoms with Gasteiger partial charge in [0.15, 0.2) is 0 Å². The quantitative estimate of drug-likeness (QED) is 0.670. The molecule has 2 rings (SSSR count). The summed E-state index contributed by atoms with van der Waals surface area (Å²) in [6.07, 6.45) is 2.03. The van der Waals surface area contributed by atoms with E-state index in [2.05, 4.69) is 20.9 Å². The molecule has 0 aromatic carbocycles. The maximum atomic E-state index is 11.7. The monoisotopic (exact) mass is 248 g/mol. The van der Waals surface area contributed by atoms with Crippen LogP contribution in [0.4, 0.5) is 5.82 Å². The third-order valence-electron chi connectivity index (χ3n) is 3.00. The number of carbonyl (C=O) groups excluding carboxylic acids is 1. The lowest BCUT2D eigenvalue weighted by Crippen LogP contribution is -2.42. The molecule has 98 valence electrons. The van der Waals surface area contributed by atoms with Crippen LogP contribution in [0.15, 0.2) is 18.2 Å². The summed E-state index contributed by atoms with van der Waals surface area (Å²) in [5.74, 6) is 0.953. The SMILES string of the molecule is Cc1cccc(NCCNC(=O)C2CCCN2)n1. The lowest BCUT2D eigenvalue weighted by Gasteiger charge is -2.11. The Bertz CT molecular complexity index is 402. The first-order valence-electron chi connectivity index (χ1n) is 6.44. The van der Waals surface area contributed by atoms with Crippen LogP contribution in [0.1, 0.15) is 18.5 Å². The zero-order valence-corrected chi connectivity index (χ0v) is 10.7. The Morgan fingerprint density at radius 2 is 2.39 bits per heavy atom. The minimum atomic E-state index is 0.00194. The van der Waals surface area contributed by atoms with Crippen molar-refractivity contribution in [1.82, 2.24) is 15.6 Å². The van der Waals surface area contributed by atoms with Crippen LogP contribution in [-0.4, -0.2) is 36.6 Å². The third kappa shape index (κ3) is 3.70. The van der Waals surface area contributed by atoms with Gasteiger partial charge in [-0.25, -0.2) is 4.98 Å². The van der Waals surface area contributed by atoms with E-state index in [1.807, 2.05) is 25.1 Å². The van der Waals surface area contributed by atoms with Crippen molar-refractivity contribution in [3.05, 3.63) is 23.9 Å². The molecule has 5 heteroatoms. The van der Waals surface area contributed by atoms with Crippen molar-refractivity contribution in [1.29, 1.82) is 0 Å². The van der Waals surface area contributed by atoms with Crippen molar-refractivity contribution in [3.63, 3.8) is 0 Å². The van der Waals surface area contributed by atoms with Gasteiger partial charge in [0.05, 0.1) is 6.04 Å². The molecule has 1 fully saturated rings. The van der Waals surface area contributed by atoms with E-state index in [0.29, 0.717) is 13.1 Å². The molecule has 1 amide bonds. The smallest absolute Gasteiger partial charge is 0.237 e. The highest BCUT2D eigenvalue weighted by molar-refractivity contribution is 5.82. The molecule has 1 unspecified atom stereocenters. The Labute approximate surface area is 107 Å². The lowest BCUT2D eigenvalue weighted by molar-refractivity contribution is -0.122. The fourth-order valence-corrected chi connectivity index (χ4v) is 2.05. The summed E-state index contributed by atoms with van der Waals surface area (Å²) in [6, 6.07) is 5.85. The van der Waals surface area contributed by atoms with E-state index in [9.17, 15) is 4.79 Å². The number of aryl methyl sites for hydroxylation is 1. The summed E-state index contributed by atoms with van der Waals surface area (Å²) < 4.78 is 0. The second kappa shape index (κ2) is 6.35. The zero-order chi connectivity index (χ0) is 12.8. The second-order valence-electron chi connectivity index (χ2n) is 4.53. The van der Waals surface area contributed by atoms with Gasteiger partial charge >= 0.3 is 0 Å². The van der Waals surface area contributed by atoms with E-state index in [0.717, 1.165) is 30.9 Å². The number of aromatic nitrogens is 1. The molecule has 0 aliphatic carbocycles. The predicted molar refractivity (Wildman–Crippen MR) is 71.5 cm³/mol. The van der Waals surface area contributed by atoms with Crippen molar-refractivity contribution in [3.8, 4) is 0 Å².